The molecule has 27 heavy (non-hydrogen) atoms. The van der Waals surface area contributed by atoms with E-state index in [1.807, 2.05) is 18.2 Å². The third-order valence-electron chi connectivity index (χ3n) is 5.17. The lowest BCUT2D eigenvalue weighted by molar-refractivity contribution is 0.590. The Morgan fingerprint density at radius 2 is 1.59 bits per heavy atom. The van der Waals surface area contributed by atoms with Gasteiger partial charge >= 0.3 is 0 Å². The number of fused-ring (bicyclic) bond motifs is 5. The molecule has 5 aromatic rings. The number of rotatable bonds is 1. The Morgan fingerprint density at radius 3 is 2.37 bits per heavy atom. The van der Waals surface area contributed by atoms with Gasteiger partial charge in [0.05, 0.1) is 5.39 Å². The van der Waals surface area contributed by atoms with Gasteiger partial charge in [0, 0.05) is 5.56 Å². The van der Waals surface area contributed by atoms with E-state index in [4.69, 9.17) is 4.42 Å². The lowest BCUT2D eigenvalue weighted by atomic mass is 9.86. The second-order valence-electron chi connectivity index (χ2n) is 7.99. The minimum absolute atomic E-state index is 0.123. The molecule has 0 saturated heterocycles. The Balaban J connectivity index is 1.78. The third-order valence-corrected chi connectivity index (χ3v) is 5.17. The second-order valence-corrected chi connectivity index (χ2v) is 7.99. The highest BCUT2D eigenvalue weighted by Crippen LogP contribution is 2.37. The summed E-state index contributed by atoms with van der Waals surface area (Å²) in [6.07, 6.45) is 1.63. The number of hydrogen-bond donors (Lipinski definition) is 0. The molecule has 5 rings (SSSR count). The lowest BCUT2D eigenvalue weighted by Gasteiger charge is -2.19. The van der Waals surface area contributed by atoms with E-state index in [1.54, 1.807) is 6.33 Å². The van der Waals surface area contributed by atoms with Crippen LogP contribution in [0.5, 0.6) is 0 Å². The molecule has 0 fully saturated rings. The van der Waals surface area contributed by atoms with Crippen LogP contribution in [0.25, 0.3) is 44.1 Å². The molecular formula is C24H20N2O. The number of nitrogens with zero attached hydrogens (tertiary/aromatic N) is 2. The molecule has 3 aromatic carbocycles. The molecule has 0 spiro atoms. The van der Waals surface area contributed by atoms with E-state index in [-0.39, 0.29) is 5.41 Å². The average Bonchev–Trinajstić information content (AvgIpc) is 3.06. The molecule has 0 unspecified atom stereocenters. The first kappa shape index (κ1) is 16.0. The van der Waals surface area contributed by atoms with Gasteiger partial charge in [0.2, 0.25) is 0 Å². The minimum Gasteiger partial charge on any atom is -0.452 e. The zero-order chi connectivity index (χ0) is 18.6. The van der Waals surface area contributed by atoms with Crippen molar-refractivity contribution >= 4 is 32.8 Å². The topological polar surface area (TPSA) is 38.9 Å². The van der Waals surface area contributed by atoms with Crippen LogP contribution in [0.3, 0.4) is 0 Å². The molecule has 0 amide bonds. The summed E-state index contributed by atoms with van der Waals surface area (Å²) in [7, 11) is 0. The van der Waals surface area contributed by atoms with Crippen LogP contribution >= 0.6 is 0 Å². The molecule has 3 heteroatoms. The van der Waals surface area contributed by atoms with E-state index in [0.717, 1.165) is 38.7 Å². The van der Waals surface area contributed by atoms with Gasteiger partial charge in [0.25, 0.3) is 0 Å². The zero-order valence-corrected chi connectivity index (χ0v) is 15.7. The van der Waals surface area contributed by atoms with Crippen molar-refractivity contribution in [2.45, 2.75) is 26.2 Å². The first-order valence-electron chi connectivity index (χ1n) is 9.18. The summed E-state index contributed by atoms with van der Waals surface area (Å²) >= 11 is 0. The van der Waals surface area contributed by atoms with Crippen molar-refractivity contribution in [3.05, 3.63) is 72.6 Å². The van der Waals surface area contributed by atoms with E-state index in [2.05, 4.69) is 73.2 Å². The van der Waals surface area contributed by atoms with Crippen molar-refractivity contribution in [1.29, 1.82) is 0 Å². The molecule has 0 aliphatic heterocycles. The average molecular weight is 352 g/mol. The minimum atomic E-state index is 0.123. The smallest absolute Gasteiger partial charge is 0.180 e. The molecule has 0 radical (unpaired) electrons. The number of benzene rings is 3. The second kappa shape index (κ2) is 5.65. The predicted molar refractivity (Wildman–Crippen MR) is 111 cm³/mol. The molecule has 0 atom stereocenters. The Bertz CT molecular complexity index is 1290. The van der Waals surface area contributed by atoms with Gasteiger partial charge in [0.15, 0.2) is 5.58 Å². The van der Waals surface area contributed by atoms with Crippen molar-refractivity contribution in [2.75, 3.05) is 0 Å². The summed E-state index contributed by atoms with van der Waals surface area (Å²) in [5, 5.41) is 3.39. The Labute approximate surface area is 157 Å². The maximum Gasteiger partial charge on any atom is 0.180 e. The van der Waals surface area contributed by atoms with Crippen molar-refractivity contribution in [3.63, 3.8) is 0 Å². The summed E-state index contributed by atoms with van der Waals surface area (Å²) in [4.78, 5) is 9.10. The maximum absolute atomic E-state index is 6.22. The van der Waals surface area contributed by atoms with E-state index in [1.165, 1.54) is 10.9 Å². The maximum atomic E-state index is 6.22. The first-order valence-corrected chi connectivity index (χ1v) is 9.18. The quantitative estimate of drug-likeness (QED) is 0.346. The summed E-state index contributed by atoms with van der Waals surface area (Å²) in [5.41, 5.74) is 5.75. The van der Waals surface area contributed by atoms with Gasteiger partial charge in [-0.1, -0.05) is 75.4 Å². The predicted octanol–water partition coefficient (Wildman–Crippen LogP) is 6.49. The molecule has 2 heterocycles. The van der Waals surface area contributed by atoms with Crippen molar-refractivity contribution < 1.29 is 4.42 Å². The third kappa shape index (κ3) is 2.50. The van der Waals surface area contributed by atoms with Crippen LogP contribution in [0.15, 0.2) is 71.4 Å². The van der Waals surface area contributed by atoms with E-state index < -0.39 is 0 Å². The van der Waals surface area contributed by atoms with E-state index in [0.29, 0.717) is 0 Å². The fraction of sp³-hybridized carbons (Fsp3) is 0.167. The summed E-state index contributed by atoms with van der Waals surface area (Å²) in [5.74, 6) is 0. The first-order chi connectivity index (χ1) is 13.0. The SMILES string of the molecule is CC(C)(C)c1ccc(-c2ncnc3c2oc2ccc4ccccc4c23)cc1. The van der Waals surface area contributed by atoms with Crippen LogP contribution in [0.2, 0.25) is 0 Å². The van der Waals surface area contributed by atoms with Gasteiger partial charge < -0.3 is 4.42 Å². The highest BCUT2D eigenvalue weighted by Gasteiger charge is 2.18. The van der Waals surface area contributed by atoms with Gasteiger partial charge in [0.1, 0.15) is 23.1 Å². The van der Waals surface area contributed by atoms with Gasteiger partial charge in [-0.25, -0.2) is 9.97 Å². The summed E-state index contributed by atoms with van der Waals surface area (Å²) in [6.45, 7) is 6.65. The standard InChI is InChI=1S/C24H20N2O/c1-24(2,3)17-11-8-16(9-12-17)21-23-22(26-14-25-21)20-18-7-5-4-6-15(18)10-13-19(20)27-23/h4-14H,1-3H3. The molecular weight excluding hydrogens is 332 g/mol. The molecule has 0 saturated carbocycles. The van der Waals surface area contributed by atoms with Crippen LogP contribution < -0.4 is 0 Å². The van der Waals surface area contributed by atoms with Gasteiger partial charge in [-0.2, -0.15) is 0 Å². The van der Waals surface area contributed by atoms with Crippen LogP contribution in [0.1, 0.15) is 26.3 Å². The monoisotopic (exact) mass is 352 g/mol. The van der Waals surface area contributed by atoms with Gasteiger partial charge in [-0.05, 0) is 27.8 Å². The fourth-order valence-electron chi connectivity index (χ4n) is 3.67. The highest BCUT2D eigenvalue weighted by atomic mass is 16.3. The molecule has 0 aliphatic carbocycles. The van der Waals surface area contributed by atoms with Crippen LogP contribution in [-0.2, 0) is 5.41 Å². The normalized spacial score (nSPS) is 12.3. The van der Waals surface area contributed by atoms with Gasteiger partial charge in [-0.3, -0.25) is 0 Å². The van der Waals surface area contributed by atoms with Crippen molar-refractivity contribution in [3.8, 4) is 11.3 Å². The molecule has 0 bridgehead atoms. The van der Waals surface area contributed by atoms with Crippen molar-refractivity contribution in [2.24, 2.45) is 0 Å². The van der Waals surface area contributed by atoms with Gasteiger partial charge in [-0.15, -0.1) is 0 Å². The number of furan rings is 1. The van der Waals surface area contributed by atoms with Crippen LogP contribution in [0.4, 0.5) is 0 Å². The Hall–Kier alpha value is -3.20. The largest absolute Gasteiger partial charge is 0.452 e. The molecule has 0 N–H and O–H groups in total. The summed E-state index contributed by atoms with van der Waals surface area (Å²) < 4.78 is 6.22. The zero-order valence-electron chi connectivity index (χ0n) is 15.7. The van der Waals surface area contributed by atoms with E-state index in [9.17, 15) is 0 Å². The Kier molecular flexibility index (Phi) is 3.35. The highest BCUT2D eigenvalue weighted by molar-refractivity contribution is 6.18. The Morgan fingerprint density at radius 1 is 0.815 bits per heavy atom. The lowest BCUT2D eigenvalue weighted by Crippen LogP contribution is -2.10. The molecule has 132 valence electrons. The number of aromatic nitrogens is 2. The summed E-state index contributed by atoms with van der Waals surface area (Å²) in [6, 6.07) is 21.0. The number of hydrogen-bond acceptors (Lipinski definition) is 3. The molecule has 2 aromatic heterocycles. The van der Waals surface area contributed by atoms with Crippen LogP contribution in [-0.4, -0.2) is 9.97 Å². The van der Waals surface area contributed by atoms with E-state index >= 15 is 0 Å². The van der Waals surface area contributed by atoms with Crippen LogP contribution in [0, 0.1) is 0 Å². The molecule has 3 nitrogen and oxygen atoms in total. The fourth-order valence-corrected chi connectivity index (χ4v) is 3.67. The van der Waals surface area contributed by atoms with Crippen molar-refractivity contribution in [1.82, 2.24) is 9.97 Å². The molecule has 0 aliphatic rings.